The highest BCUT2D eigenvalue weighted by Crippen LogP contribution is 2.25. The summed E-state index contributed by atoms with van der Waals surface area (Å²) in [7, 11) is 1.36. The first-order valence-electron chi connectivity index (χ1n) is 5.52. The van der Waals surface area contributed by atoms with Gasteiger partial charge in [-0.2, -0.15) is 0 Å². The van der Waals surface area contributed by atoms with Crippen molar-refractivity contribution < 1.29 is 13.9 Å². The Kier molecular flexibility index (Phi) is 4.66. The first-order valence-corrected chi connectivity index (χ1v) is 7.30. The molecule has 2 aromatic heterocycles. The van der Waals surface area contributed by atoms with Gasteiger partial charge in [0.05, 0.1) is 17.9 Å². The average molecular weight is 342 g/mol. The molecule has 0 aromatic carbocycles. The van der Waals surface area contributed by atoms with Crippen molar-refractivity contribution in [1.29, 1.82) is 0 Å². The molecule has 0 radical (unpaired) electrons. The fraction of sp³-hybridized carbons (Fsp3) is 0.231. The number of rotatable bonds is 4. The molecule has 19 heavy (non-hydrogen) atoms. The molecule has 4 nitrogen and oxygen atoms in total. The lowest BCUT2D eigenvalue weighted by Gasteiger charge is -1.98. The van der Waals surface area contributed by atoms with Crippen molar-refractivity contribution >= 4 is 33.7 Å². The smallest absolute Gasteiger partial charge is 0.341 e. The molecule has 0 atom stereocenters. The highest BCUT2D eigenvalue weighted by Gasteiger charge is 2.15. The number of aromatic nitrogens is 1. The Bertz CT molecular complexity index is 580. The van der Waals surface area contributed by atoms with Crippen LogP contribution in [0.5, 0.6) is 0 Å². The predicted molar refractivity (Wildman–Crippen MR) is 76.3 cm³/mol. The number of esters is 1. The number of ether oxygens (including phenoxy) is 1. The highest BCUT2D eigenvalue weighted by atomic mass is 79.9. The van der Waals surface area contributed by atoms with Gasteiger partial charge in [-0.15, -0.1) is 0 Å². The summed E-state index contributed by atoms with van der Waals surface area (Å²) < 4.78 is 11.2. The fourth-order valence-electron chi connectivity index (χ4n) is 1.52. The zero-order chi connectivity index (χ0) is 13.8. The van der Waals surface area contributed by atoms with E-state index in [1.54, 1.807) is 30.9 Å². The van der Waals surface area contributed by atoms with E-state index in [0.29, 0.717) is 17.1 Å². The fourth-order valence-corrected chi connectivity index (χ4v) is 2.48. The second-order valence-electron chi connectivity index (χ2n) is 3.78. The third-order valence-corrected chi connectivity index (χ3v) is 3.87. The Labute approximate surface area is 123 Å². The van der Waals surface area contributed by atoms with Gasteiger partial charge < -0.3 is 9.15 Å². The van der Waals surface area contributed by atoms with Gasteiger partial charge in [0, 0.05) is 10.7 Å². The van der Waals surface area contributed by atoms with E-state index in [4.69, 9.17) is 4.42 Å². The van der Waals surface area contributed by atoms with Crippen LogP contribution < -0.4 is 0 Å². The molecule has 0 amide bonds. The van der Waals surface area contributed by atoms with Gasteiger partial charge in [-0.3, -0.25) is 0 Å². The number of nitrogens with zero attached hydrogens (tertiary/aromatic N) is 1. The Hall–Kier alpha value is -1.27. The Morgan fingerprint density at radius 1 is 1.53 bits per heavy atom. The molecule has 0 saturated carbocycles. The Balaban J connectivity index is 2.04. The minimum Gasteiger partial charge on any atom is -0.465 e. The number of pyridine rings is 1. The van der Waals surface area contributed by atoms with Crippen LogP contribution in [-0.4, -0.2) is 18.1 Å². The number of hydrogen-bond acceptors (Lipinski definition) is 5. The van der Waals surface area contributed by atoms with Crippen molar-refractivity contribution in [2.75, 3.05) is 7.11 Å². The number of furan rings is 1. The summed E-state index contributed by atoms with van der Waals surface area (Å²) in [5.74, 6) is 1.55. The Morgan fingerprint density at radius 2 is 2.32 bits per heavy atom. The first-order chi connectivity index (χ1) is 9.10. The molecule has 0 bridgehead atoms. The number of halogens is 1. The summed E-state index contributed by atoms with van der Waals surface area (Å²) in [4.78, 5) is 15.7. The quantitative estimate of drug-likeness (QED) is 0.624. The first kappa shape index (κ1) is 14.1. The molecule has 2 rings (SSSR count). The van der Waals surface area contributed by atoms with Gasteiger partial charge in [0.25, 0.3) is 0 Å². The SMILES string of the molecule is COC(=O)c1cc(CSc2ccc(Br)cn2)oc1C. The van der Waals surface area contributed by atoms with Gasteiger partial charge in [0.1, 0.15) is 17.1 Å². The van der Waals surface area contributed by atoms with Crippen molar-refractivity contribution in [2.24, 2.45) is 0 Å². The summed E-state index contributed by atoms with van der Waals surface area (Å²) in [6, 6.07) is 5.57. The van der Waals surface area contributed by atoms with Gasteiger partial charge in [-0.05, 0) is 41.1 Å². The summed E-state index contributed by atoms with van der Waals surface area (Å²) in [5.41, 5.74) is 0.474. The maximum atomic E-state index is 11.5. The lowest BCUT2D eigenvalue weighted by atomic mass is 10.2. The molecule has 6 heteroatoms. The molecule has 0 saturated heterocycles. The van der Waals surface area contributed by atoms with Crippen LogP contribution in [0.15, 0.2) is 38.3 Å². The van der Waals surface area contributed by atoms with Crippen LogP contribution in [0.4, 0.5) is 0 Å². The van der Waals surface area contributed by atoms with Gasteiger partial charge in [0.15, 0.2) is 0 Å². The highest BCUT2D eigenvalue weighted by molar-refractivity contribution is 9.10. The molecule has 2 aromatic rings. The van der Waals surface area contributed by atoms with Crippen LogP contribution in [0.1, 0.15) is 21.9 Å². The van der Waals surface area contributed by atoms with Crippen molar-refractivity contribution in [1.82, 2.24) is 4.98 Å². The second-order valence-corrected chi connectivity index (χ2v) is 5.69. The van der Waals surface area contributed by atoms with E-state index in [1.807, 2.05) is 12.1 Å². The maximum Gasteiger partial charge on any atom is 0.341 e. The normalized spacial score (nSPS) is 10.5. The summed E-state index contributed by atoms with van der Waals surface area (Å²) in [6.45, 7) is 1.75. The van der Waals surface area contributed by atoms with Gasteiger partial charge in [-0.25, -0.2) is 9.78 Å². The standard InChI is InChI=1S/C13H12BrNO3S/c1-8-11(13(16)17-2)5-10(18-8)7-19-12-4-3-9(14)6-15-12/h3-6H,7H2,1-2H3. The molecular formula is C13H12BrNO3S. The van der Waals surface area contributed by atoms with E-state index in [1.165, 1.54) is 7.11 Å². The number of aryl methyl sites for hydroxylation is 1. The van der Waals surface area contributed by atoms with Crippen molar-refractivity contribution in [2.45, 2.75) is 17.7 Å². The molecule has 2 heterocycles. The van der Waals surface area contributed by atoms with E-state index in [-0.39, 0.29) is 5.97 Å². The van der Waals surface area contributed by atoms with Crippen LogP contribution in [-0.2, 0) is 10.5 Å². The van der Waals surface area contributed by atoms with E-state index >= 15 is 0 Å². The van der Waals surface area contributed by atoms with E-state index in [2.05, 4.69) is 25.7 Å². The molecule has 0 spiro atoms. The molecule has 100 valence electrons. The number of carbonyl (C=O) groups is 1. The number of carbonyl (C=O) groups excluding carboxylic acids is 1. The van der Waals surface area contributed by atoms with Crippen molar-refractivity contribution in [3.8, 4) is 0 Å². The summed E-state index contributed by atoms with van der Waals surface area (Å²) in [6.07, 6.45) is 1.75. The molecular weight excluding hydrogens is 330 g/mol. The van der Waals surface area contributed by atoms with Crippen LogP contribution in [0.25, 0.3) is 0 Å². The van der Waals surface area contributed by atoms with Crippen molar-refractivity contribution in [3.05, 3.63) is 46.0 Å². The average Bonchev–Trinajstić information content (AvgIpc) is 2.78. The van der Waals surface area contributed by atoms with Crippen molar-refractivity contribution in [3.63, 3.8) is 0 Å². The zero-order valence-electron chi connectivity index (χ0n) is 10.5. The number of methoxy groups -OCH3 is 1. The molecule has 0 aliphatic rings. The van der Waals surface area contributed by atoms with Crippen LogP contribution in [0.2, 0.25) is 0 Å². The third kappa shape index (κ3) is 3.61. The Morgan fingerprint density at radius 3 is 2.95 bits per heavy atom. The third-order valence-electron chi connectivity index (χ3n) is 2.44. The minimum absolute atomic E-state index is 0.376. The molecule has 0 unspecified atom stereocenters. The molecule has 0 N–H and O–H groups in total. The van der Waals surface area contributed by atoms with Gasteiger partial charge in [-0.1, -0.05) is 11.8 Å². The maximum absolute atomic E-state index is 11.5. The van der Waals surface area contributed by atoms with Gasteiger partial charge in [0.2, 0.25) is 0 Å². The minimum atomic E-state index is -0.376. The van der Waals surface area contributed by atoms with Gasteiger partial charge >= 0.3 is 5.97 Å². The molecule has 0 aliphatic carbocycles. The van der Waals surface area contributed by atoms with E-state index < -0.39 is 0 Å². The second kappa shape index (κ2) is 6.25. The van der Waals surface area contributed by atoms with E-state index in [0.717, 1.165) is 15.3 Å². The summed E-state index contributed by atoms with van der Waals surface area (Å²) >= 11 is 4.88. The topological polar surface area (TPSA) is 52.3 Å². The van der Waals surface area contributed by atoms with Crippen LogP contribution in [0, 0.1) is 6.92 Å². The monoisotopic (exact) mass is 341 g/mol. The summed E-state index contributed by atoms with van der Waals surface area (Å²) in [5, 5.41) is 0.900. The number of thioether (sulfide) groups is 1. The zero-order valence-corrected chi connectivity index (χ0v) is 12.9. The lowest BCUT2D eigenvalue weighted by Crippen LogP contribution is -2.00. The van der Waals surface area contributed by atoms with Crippen LogP contribution >= 0.6 is 27.7 Å². The molecule has 0 aliphatic heterocycles. The lowest BCUT2D eigenvalue weighted by molar-refractivity contribution is 0.0599. The predicted octanol–water partition coefficient (Wildman–Crippen LogP) is 3.82. The van der Waals surface area contributed by atoms with E-state index in [9.17, 15) is 4.79 Å². The largest absolute Gasteiger partial charge is 0.465 e. The molecule has 0 fully saturated rings. The van der Waals surface area contributed by atoms with Crippen LogP contribution in [0.3, 0.4) is 0 Å². The number of hydrogen-bond donors (Lipinski definition) is 0.